The van der Waals surface area contributed by atoms with Crippen molar-refractivity contribution in [3.63, 3.8) is 0 Å². The van der Waals surface area contributed by atoms with E-state index in [1.54, 1.807) is 18.2 Å². The fourth-order valence-electron chi connectivity index (χ4n) is 2.64. The Balaban J connectivity index is 2.22. The van der Waals surface area contributed by atoms with Crippen molar-refractivity contribution in [2.75, 3.05) is 19.6 Å². The molecule has 1 saturated heterocycles. The molecule has 1 amide bonds. The number of carbonyl (C=O) groups excluding carboxylic acids is 1. The third-order valence-corrected chi connectivity index (χ3v) is 3.64. The lowest BCUT2D eigenvalue weighted by atomic mass is 10.1. The van der Waals surface area contributed by atoms with Gasteiger partial charge in [0.05, 0.1) is 0 Å². The second kappa shape index (κ2) is 6.06. The smallest absolute Gasteiger partial charge is 0.254 e. The van der Waals surface area contributed by atoms with Gasteiger partial charge in [0, 0.05) is 24.7 Å². The Kier molecular flexibility index (Phi) is 4.43. The molecule has 1 aliphatic rings. The maximum absolute atomic E-state index is 12.7. The molecule has 19 heavy (non-hydrogen) atoms. The largest absolute Gasteiger partial charge is 0.508 e. The molecule has 4 nitrogen and oxygen atoms in total. The van der Waals surface area contributed by atoms with Crippen LogP contribution in [0.1, 0.15) is 35.7 Å². The molecular weight excluding hydrogens is 240 g/mol. The standard InChI is InChI=1S/C15H22N2O2/c1-3-8-17(12-6-7-16-10-12)15(19)14-5-4-13(18)9-11(14)2/h4-5,9,12,16,18H,3,6-8,10H2,1-2H3. The van der Waals surface area contributed by atoms with Crippen molar-refractivity contribution in [3.05, 3.63) is 29.3 Å². The van der Waals surface area contributed by atoms with Crippen molar-refractivity contribution in [1.29, 1.82) is 0 Å². The first-order chi connectivity index (χ1) is 9.13. The van der Waals surface area contributed by atoms with Gasteiger partial charge in [0.1, 0.15) is 5.75 Å². The van der Waals surface area contributed by atoms with Gasteiger partial charge in [-0.2, -0.15) is 0 Å². The van der Waals surface area contributed by atoms with Gasteiger partial charge < -0.3 is 15.3 Å². The molecule has 4 heteroatoms. The summed E-state index contributed by atoms with van der Waals surface area (Å²) in [4.78, 5) is 14.6. The molecule has 1 unspecified atom stereocenters. The molecule has 1 aromatic carbocycles. The number of hydrogen-bond donors (Lipinski definition) is 2. The second-order valence-electron chi connectivity index (χ2n) is 5.14. The lowest BCUT2D eigenvalue weighted by molar-refractivity contribution is 0.0691. The van der Waals surface area contributed by atoms with Crippen molar-refractivity contribution in [3.8, 4) is 5.75 Å². The molecule has 2 rings (SSSR count). The van der Waals surface area contributed by atoms with Crippen molar-refractivity contribution in [2.45, 2.75) is 32.7 Å². The molecule has 0 saturated carbocycles. The lowest BCUT2D eigenvalue weighted by Crippen LogP contribution is -2.42. The Bertz CT molecular complexity index is 453. The first kappa shape index (κ1) is 13.9. The summed E-state index contributed by atoms with van der Waals surface area (Å²) in [5, 5.41) is 12.7. The summed E-state index contributed by atoms with van der Waals surface area (Å²) in [5.74, 6) is 0.284. The number of carbonyl (C=O) groups is 1. The van der Waals surface area contributed by atoms with Crippen molar-refractivity contribution < 1.29 is 9.90 Å². The summed E-state index contributed by atoms with van der Waals surface area (Å²) in [6.45, 7) is 6.59. The van der Waals surface area contributed by atoms with Gasteiger partial charge in [-0.15, -0.1) is 0 Å². The van der Waals surface area contributed by atoms with E-state index in [2.05, 4.69) is 12.2 Å². The zero-order valence-corrected chi connectivity index (χ0v) is 11.6. The number of benzene rings is 1. The predicted molar refractivity (Wildman–Crippen MR) is 75.4 cm³/mol. The Labute approximate surface area is 114 Å². The van der Waals surface area contributed by atoms with Crippen LogP contribution < -0.4 is 5.32 Å². The molecule has 0 spiro atoms. The van der Waals surface area contributed by atoms with E-state index >= 15 is 0 Å². The molecule has 1 fully saturated rings. The Morgan fingerprint density at radius 1 is 1.53 bits per heavy atom. The molecule has 0 bridgehead atoms. The topological polar surface area (TPSA) is 52.6 Å². The second-order valence-corrected chi connectivity index (χ2v) is 5.14. The van der Waals surface area contributed by atoms with Crippen LogP contribution in [0.2, 0.25) is 0 Å². The van der Waals surface area contributed by atoms with Gasteiger partial charge in [0.15, 0.2) is 0 Å². The highest BCUT2D eigenvalue weighted by Gasteiger charge is 2.27. The average molecular weight is 262 g/mol. The van der Waals surface area contributed by atoms with Gasteiger partial charge in [-0.3, -0.25) is 4.79 Å². The fraction of sp³-hybridized carbons (Fsp3) is 0.533. The lowest BCUT2D eigenvalue weighted by Gasteiger charge is -2.29. The van der Waals surface area contributed by atoms with Crippen LogP contribution in [0.3, 0.4) is 0 Å². The molecule has 0 aromatic heterocycles. The minimum atomic E-state index is 0.0769. The van der Waals surface area contributed by atoms with Crippen molar-refractivity contribution >= 4 is 5.91 Å². The maximum Gasteiger partial charge on any atom is 0.254 e. The molecule has 1 aromatic rings. The van der Waals surface area contributed by atoms with Crippen molar-refractivity contribution in [1.82, 2.24) is 10.2 Å². The quantitative estimate of drug-likeness (QED) is 0.871. The Morgan fingerprint density at radius 3 is 2.89 bits per heavy atom. The first-order valence-corrected chi connectivity index (χ1v) is 6.94. The van der Waals surface area contributed by atoms with Crippen molar-refractivity contribution in [2.24, 2.45) is 0 Å². The minimum Gasteiger partial charge on any atom is -0.508 e. The van der Waals surface area contributed by atoms with E-state index in [4.69, 9.17) is 0 Å². The molecule has 104 valence electrons. The van der Waals surface area contributed by atoms with Crippen LogP contribution in [-0.4, -0.2) is 41.6 Å². The van der Waals surface area contributed by atoms with E-state index < -0.39 is 0 Å². The number of nitrogens with zero attached hydrogens (tertiary/aromatic N) is 1. The summed E-state index contributed by atoms with van der Waals surface area (Å²) >= 11 is 0. The van der Waals surface area contributed by atoms with Gasteiger partial charge in [-0.25, -0.2) is 0 Å². The zero-order chi connectivity index (χ0) is 13.8. The van der Waals surface area contributed by atoms with Gasteiger partial charge in [0.2, 0.25) is 0 Å². The molecule has 1 aliphatic heterocycles. The van der Waals surface area contributed by atoms with Crippen LogP contribution in [0.15, 0.2) is 18.2 Å². The fourth-order valence-corrected chi connectivity index (χ4v) is 2.64. The average Bonchev–Trinajstić information content (AvgIpc) is 2.89. The van der Waals surface area contributed by atoms with Crippen LogP contribution in [-0.2, 0) is 0 Å². The van der Waals surface area contributed by atoms with Crippen LogP contribution >= 0.6 is 0 Å². The first-order valence-electron chi connectivity index (χ1n) is 6.94. The normalized spacial score (nSPS) is 18.5. The molecule has 1 atom stereocenters. The summed E-state index contributed by atoms with van der Waals surface area (Å²) in [6, 6.07) is 5.24. The summed E-state index contributed by atoms with van der Waals surface area (Å²) in [5.41, 5.74) is 1.52. The summed E-state index contributed by atoms with van der Waals surface area (Å²) in [6.07, 6.45) is 1.97. The van der Waals surface area contributed by atoms with E-state index in [0.717, 1.165) is 38.0 Å². The third kappa shape index (κ3) is 3.07. The van der Waals surface area contributed by atoms with E-state index in [9.17, 15) is 9.90 Å². The van der Waals surface area contributed by atoms with Crippen LogP contribution in [0.5, 0.6) is 5.75 Å². The molecule has 0 aliphatic carbocycles. The zero-order valence-electron chi connectivity index (χ0n) is 11.6. The number of phenols is 1. The molecule has 2 N–H and O–H groups in total. The molecular formula is C15H22N2O2. The number of aromatic hydroxyl groups is 1. The van der Waals surface area contributed by atoms with Crippen LogP contribution in [0.25, 0.3) is 0 Å². The number of aryl methyl sites for hydroxylation is 1. The van der Waals surface area contributed by atoms with Gasteiger partial charge in [0.25, 0.3) is 5.91 Å². The number of nitrogens with one attached hydrogen (secondary N) is 1. The molecule has 1 heterocycles. The molecule has 0 radical (unpaired) electrons. The van der Waals surface area contributed by atoms with E-state index in [-0.39, 0.29) is 11.7 Å². The van der Waals surface area contributed by atoms with E-state index in [1.807, 2.05) is 11.8 Å². The van der Waals surface area contributed by atoms with Crippen LogP contribution in [0.4, 0.5) is 0 Å². The van der Waals surface area contributed by atoms with Gasteiger partial charge >= 0.3 is 0 Å². The monoisotopic (exact) mass is 262 g/mol. The number of rotatable bonds is 4. The minimum absolute atomic E-state index is 0.0769. The van der Waals surface area contributed by atoms with Gasteiger partial charge in [-0.05, 0) is 50.1 Å². The maximum atomic E-state index is 12.7. The number of amides is 1. The van der Waals surface area contributed by atoms with Crippen LogP contribution in [0, 0.1) is 6.92 Å². The highest BCUT2D eigenvalue weighted by Crippen LogP contribution is 2.20. The summed E-state index contributed by atoms with van der Waals surface area (Å²) in [7, 11) is 0. The van der Waals surface area contributed by atoms with E-state index in [1.165, 1.54) is 0 Å². The highest BCUT2D eigenvalue weighted by molar-refractivity contribution is 5.96. The highest BCUT2D eigenvalue weighted by atomic mass is 16.3. The Morgan fingerprint density at radius 2 is 2.32 bits per heavy atom. The van der Waals surface area contributed by atoms with E-state index in [0.29, 0.717) is 11.6 Å². The van der Waals surface area contributed by atoms with Gasteiger partial charge in [-0.1, -0.05) is 6.92 Å². The SMILES string of the molecule is CCCN(C(=O)c1ccc(O)cc1C)C1CCNC1. The Hall–Kier alpha value is -1.55. The third-order valence-electron chi connectivity index (χ3n) is 3.64. The number of hydrogen-bond acceptors (Lipinski definition) is 3. The number of phenolic OH excluding ortho intramolecular Hbond substituents is 1. The summed E-state index contributed by atoms with van der Waals surface area (Å²) < 4.78 is 0. The predicted octanol–water partition coefficient (Wildman–Crippen LogP) is 1.91.